The number of ether oxygens (including phenoxy) is 1. The fourth-order valence-corrected chi connectivity index (χ4v) is 2.65. The zero-order valence-electron chi connectivity index (χ0n) is 10.2. The lowest BCUT2D eigenvalue weighted by atomic mass is 9.96. The van der Waals surface area contributed by atoms with Crippen molar-refractivity contribution in [3.05, 3.63) is 29.3 Å². The molecule has 3 N–H and O–H groups in total. The maximum absolute atomic E-state index is 11.3. The van der Waals surface area contributed by atoms with Crippen LogP contribution in [0.4, 0.5) is 5.69 Å². The third-order valence-electron chi connectivity index (χ3n) is 3.15. The molecule has 0 fully saturated rings. The molecule has 0 spiro atoms. The molecule has 1 aliphatic carbocycles. The van der Waals surface area contributed by atoms with Gasteiger partial charge in [-0.15, -0.1) is 0 Å². The van der Waals surface area contributed by atoms with Crippen molar-refractivity contribution in [2.45, 2.75) is 25.3 Å². The first-order chi connectivity index (χ1) is 8.04. The molecule has 1 aromatic carbocycles. The molecule has 0 heterocycles. The number of fused-ring (bicyclic) bond motifs is 1. The summed E-state index contributed by atoms with van der Waals surface area (Å²) in [4.78, 5) is 11.3. The van der Waals surface area contributed by atoms with Crippen LogP contribution in [0, 0.1) is 0 Å². The number of carbonyl (C=O) groups excluding carboxylic acids is 1. The Morgan fingerprint density at radius 2 is 2.18 bits per heavy atom. The summed E-state index contributed by atoms with van der Waals surface area (Å²) in [6, 6.07) is 5.91. The van der Waals surface area contributed by atoms with E-state index in [1.807, 2.05) is 18.2 Å². The minimum Gasteiger partial charge on any atom is -0.399 e. The second kappa shape index (κ2) is 4.37. The van der Waals surface area contributed by atoms with Gasteiger partial charge in [0, 0.05) is 19.7 Å². The van der Waals surface area contributed by atoms with E-state index in [2.05, 4.69) is 5.32 Å². The number of nitrogen functional groups attached to an aromatic ring is 1. The average molecular weight is 234 g/mol. The van der Waals surface area contributed by atoms with E-state index < -0.39 is 0 Å². The molecule has 2 rings (SSSR count). The summed E-state index contributed by atoms with van der Waals surface area (Å²) in [5.41, 5.74) is 8.68. The van der Waals surface area contributed by atoms with Crippen molar-refractivity contribution in [1.29, 1.82) is 0 Å². The van der Waals surface area contributed by atoms with Crippen molar-refractivity contribution in [3.8, 4) is 0 Å². The zero-order chi connectivity index (χ0) is 12.5. The van der Waals surface area contributed by atoms with Gasteiger partial charge in [-0.1, -0.05) is 6.07 Å². The molecular weight excluding hydrogens is 216 g/mol. The van der Waals surface area contributed by atoms with Gasteiger partial charge in [-0.2, -0.15) is 0 Å². The summed E-state index contributed by atoms with van der Waals surface area (Å²) in [5.74, 6) is -0.0252. The van der Waals surface area contributed by atoms with Crippen LogP contribution in [-0.2, 0) is 22.4 Å². The van der Waals surface area contributed by atoms with Gasteiger partial charge in [0.05, 0.1) is 12.1 Å². The molecule has 4 heteroatoms. The smallest absolute Gasteiger partial charge is 0.217 e. The number of anilines is 1. The Labute approximate surface area is 101 Å². The van der Waals surface area contributed by atoms with Crippen LogP contribution in [0.2, 0.25) is 0 Å². The fourth-order valence-electron chi connectivity index (χ4n) is 2.65. The molecule has 1 aliphatic rings. The lowest BCUT2D eigenvalue weighted by molar-refractivity contribution is -0.121. The predicted molar refractivity (Wildman–Crippen MR) is 66.7 cm³/mol. The Hall–Kier alpha value is -1.55. The number of nitrogens with one attached hydrogen (secondary N) is 1. The summed E-state index contributed by atoms with van der Waals surface area (Å²) < 4.78 is 5.25. The molecule has 0 aromatic heterocycles. The van der Waals surface area contributed by atoms with Crippen LogP contribution in [0.1, 0.15) is 18.1 Å². The van der Waals surface area contributed by atoms with Crippen LogP contribution in [-0.4, -0.2) is 25.2 Å². The highest BCUT2D eigenvalue weighted by molar-refractivity contribution is 5.74. The van der Waals surface area contributed by atoms with Gasteiger partial charge in [0.1, 0.15) is 0 Å². The van der Waals surface area contributed by atoms with Crippen LogP contribution in [0.25, 0.3) is 0 Å². The molecule has 92 valence electrons. The minimum atomic E-state index is -0.309. The summed E-state index contributed by atoms with van der Waals surface area (Å²) in [5, 5.41) is 3.02. The highest BCUT2D eigenvalue weighted by atomic mass is 16.5. The summed E-state index contributed by atoms with van der Waals surface area (Å²) in [7, 11) is 1.65. The van der Waals surface area contributed by atoms with E-state index >= 15 is 0 Å². The first kappa shape index (κ1) is 11.9. The Morgan fingerprint density at radius 3 is 2.82 bits per heavy atom. The number of nitrogens with two attached hydrogens (primary N) is 1. The van der Waals surface area contributed by atoms with Crippen LogP contribution in [0.15, 0.2) is 18.2 Å². The molecular formula is C13H18N2O2. The van der Waals surface area contributed by atoms with Gasteiger partial charge in [0.25, 0.3) is 0 Å². The molecule has 1 aromatic rings. The Morgan fingerprint density at radius 1 is 1.47 bits per heavy atom. The SMILES string of the molecule is COCC1(NC(C)=O)Cc2ccc(N)cc2C1. The van der Waals surface area contributed by atoms with Gasteiger partial charge in [-0.3, -0.25) is 4.79 Å². The molecule has 0 bridgehead atoms. The number of hydrogen-bond donors (Lipinski definition) is 2. The highest BCUT2D eigenvalue weighted by Crippen LogP contribution is 2.31. The Kier molecular flexibility index (Phi) is 3.07. The molecule has 4 nitrogen and oxygen atoms in total. The Bertz CT molecular complexity index is 445. The van der Waals surface area contributed by atoms with Crippen molar-refractivity contribution < 1.29 is 9.53 Å². The minimum absolute atomic E-state index is 0.0252. The lowest BCUT2D eigenvalue weighted by Crippen LogP contribution is -2.52. The van der Waals surface area contributed by atoms with Crippen molar-refractivity contribution in [2.24, 2.45) is 0 Å². The first-order valence-corrected chi connectivity index (χ1v) is 5.70. The molecule has 0 saturated carbocycles. The summed E-state index contributed by atoms with van der Waals surface area (Å²) in [6.45, 7) is 2.05. The lowest BCUT2D eigenvalue weighted by Gasteiger charge is -2.29. The fraction of sp³-hybridized carbons (Fsp3) is 0.462. The number of carbonyl (C=O) groups is 1. The van der Waals surface area contributed by atoms with E-state index in [4.69, 9.17) is 10.5 Å². The summed E-state index contributed by atoms with van der Waals surface area (Å²) in [6.07, 6.45) is 1.58. The molecule has 0 saturated heterocycles. The van der Waals surface area contributed by atoms with Crippen molar-refractivity contribution in [1.82, 2.24) is 5.32 Å². The van der Waals surface area contributed by atoms with E-state index in [0.717, 1.165) is 18.5 Å². The predicted octanol–water partition coefficient (Wildman–Crippen LogP) is 0.889. The number of hydrogen-bond acceptors (Lipinski definition) is 3. The highest BCUT2D eigenvalue weighted by Gasteiger charge is 2.38. The maximum atomic E-state index is 11.3. The van der Waals surface area contributed by atoms with E-state index in [-0.39, 0.29) is 11.4 Å². The largest absolute Gasteiger partial charge is 0.399 e. The monoisotopic (exact) mass is 234 g/mol. The van der Waals surface area contributed by atoms with Crippen LogP contribution >= 0.6 is 0 Å². The van der Waals surface area contributed by atoms with E-state index in [9.17, 15) is 4.79 Å². The first-order valence-electron chi connectivity index (χ1n) is 5.70. The van der Waals surface area contributed by atoms with Crippen molar-refractivity contribution >= 4 is 11.6 Å². The van der Waals surface area contributed by atoms with Gasteiger partial charge in [0.2, 0.25) is 5.91 Å². The van der Waals surface area contributed by atoms with E-state index in [0.29, 0.717) is 6.61 Å². The quantitative estimate of drug-likeness (QED) is 0.763. The molecule has 0 aliphatic heterocycles. The number of methoxy groups -OCH3 is 1. The van der Waals surface area contributed by atoms with E-state index in [1.54, 1.807) is 7.11 Å². The van der Waals surface area contributed by atoms with Gasteiger partial charge in [-0.25, -0.2) is 0 Å². The zero-order valence-corrected chi connectivity index (χ0v) is 10.2. The van der Waals surface area contributed by atoms with Crippen molar-refractivity contribution in [3.63, 3.8) is 0 Å². The third-order valence-corrected chi connectivity index (χ3v) is 3.15. The standard InChI is InChI=1S/C13H18N2O2/c1-9(16)15-13(8-17-2)6-10-3-4-12(14)5-11(10)7-13/h3-5H,6-8,14H2,1-2H3,(H,15,16). The average Bonchev–Trinajstić information content (AvgIpc) is 2.54. The summed E-state index contributed by atoms with van der Waals surface area (Å²) >= 11 is 0. The van der Waals surface area contributed by atoms with Crippen LogP contribution in [0.3, 0.4) is 0 Å². The van der Waals surface area contributed by atoms with Gasteiger partial charge < -0.3 is 15.8 Å². The molecule has 1 amide bonds. The Balaban J connectivity index is 2.26. The number of benzene rings is 1. The van der Waals surface area contributed by atoms with Crippen LogP contribution in [0.5, 0.6) is 0 Å². The number of rotatable bonds is 3. The van der Waals surface area contributed by atoms with E-state index in [1.165, 1.54) is 18.1 Å². The van der Waals surface area contributed by atoms with Crippen molar-refractivity contribution in [2.75, 3.05) is 19.5 Å². The van der Waals surface area contributed by atoms with Crippen LogP contribution < -0.4 is 11.1 Å². The maximum Gasteiger partial charge on any atom is 0.217 e. The molecule has 1 unspecified atom stereocenters. The molecule has 1 atom stereocenters. The van der Waals surface area contributed by atoms with Gasteiger partial charge in [-0.05, 0) is 36.1 Å². The topological polar surface area (TPSA) is 64.3 Å². The number of amides is 1. The normalized spacial score (nSPS) is 22.2. The molecule has 0 radical (unpaired) electrons. The molecule has 17 heavy (non-hydrogen) atoms. The third kappa shape index (κ3) is 2.42. The second-order valence-corrected chi connectivity index (χ2v) is 4.78. The second-order valence-electron chi connectivity index (χ2n) is 4.78. The van der Waals surface area contributed by atoms with Gasteiger partial charge in [0.15, 0.2) is 0 Å². The van der Waals surface area contributed by atoms with Gasteiger partial charge >= 0.3 is 0 Å².